The molecular formula is C49H94NO8P. The SMILES string of the molecule is CCCCCC/C=C/CCCCCCCCCC(=O)OC[C@H](COP(=O)(O)OCCN)OC(=O)CCC/C=C/CCCCCCCCCCCCCCCCCCCC. The van der Waals surface area contributed by atoms with Crippen molar-refractivity contribution in [3.63, 3.8) is 0 Å². The molecule has 59 heavy (non-hydrogen) atoms. The van der Waals surface area contributed by atoms with Crippen LogP contribution in [0.2, 0.25) is 0 Å². The zero-order valence-electron chi connectivity index (χ0n) is 38.5. The van der Waals surface area contributed by atoms with Crippen molar-refractivity contribution in [3.8, 4) is 0 Å². The smallest absolute Gasteiger partial charge is 0.462 e. The van der Waals surface area contributed by atoms with E-state index in [9.17, 15) is 19.0 Å². The fourth-order valence-corrected chi connectivity index (χ4v) is 7.87. The molecule has 0 bridgehead atoms. The van der Waals surface area contributed by atoms with Crippen molar-refractivity contribution in [2.24, 2.45) is 5.73 Å². The number of phosphoric ester groups is 1. The van der Waals surface area contributed by atoms with E-state index in [-0.39, 0.29) is 38.6 Å². The molecule has 0 heterocycles. The van der Waals surface area contributed by atoms with Crippen LogP contribution in [0.4, 0.5) is 0 Å². The van der Waals surface area contributed by atoms with Gasteiger partial charge in [-0.15, -0.1) is 0 Å². The first-order valence-corrected chi connectivity index (χ1v) is 26.3. The topological polar surface area (TPSA) is 134 Å². The maximum absolute atomic E-state index is 12.6. The maximum Gasteiger partial charge on any atom is 0.472 e. The lowest BCUT2D eigenvalue weighted by molar-refractivity contribution is -0.161. The summed E-state index contributed by atoms with van der Waals surface area (Å²) in [6.45, 7) is 3.72. The van der Waals surface area contributed by atoms with Gasteiger partial charge in [0.25, 0.3) is 0 Å². The molecule has 0 aliphatic carbocycles. The van der Waals surface area contributed by atoms with E-state index in [1.807, 2.05) is 0 Å². The Kier molecular flexibility index (Phi) is 44.8. The molecule has 2 atom stereocenters. The minimum absolute atomic E-state index is 0.0504. The molecule has 1 unspecified atom stereocenters. The molecule has 0 saturated heterocycles. The van der Waals surface area contributed by atoms with Crippen LogP contribution in [0.25, 0.3) is 0 Å². The lowest BCUT2D eigenvalue weighted by Gasteiger charge is -2.19. The summed E-state index contributed by atoms with van der Waals surface area (Å²) in [6, 6.07) is 0. The van der Waals surface area contributed by atoms with Gasteiger partial charge in [-0.25, -0.2) is 4.57 Å². The number of allylic oxidation sites excluding steroid dienone is 4. The Morgan fingerprint density at radius 3 is 1.27 bits per heavy atom. The standard InChI is InChI=1S/C49H94NO8P/c1-3-5-7-9-11-13-15-17-19-20-21-22-23-24-25-26-28-30-32-34-36-38-40-42-49(52)58-47(46-57-59(53,54)56-44-43-50)45-55-48(51)41-39-37-35-33-31-29-27-18-16-14-12-10-8-6-4-2/h14,16,34,36,47H,3-13,15,17-33,35,37-46,50H2,1-2H3,(H,53,54)/b16-14+,36-34+/t47-/m1/s1. The third kappa shape index (κ3) is 45.8. The minimum Gasteiger partial charge on any atom is -0.462 e. The predicted molar refractivity (Wildman–Crippen MR) is 247 cm³/mol. The van der Waals surface area contributed by atoms with Gasteiger partial charge in [-0.1, -0.05) is 199 Å². The molecule has 10 heteroatoms. The number of hydrogen-bond acceptors (Lipinski definition) is 8. The highest BCUT2D eigenvalue weighted by atomic mass is 31.2. The van der Waals surface area contributed by atoms with Crippen LogP contribution in [0.1, 0.15) is 245 Å². The largest absolute Gasteiger partial charge is 0.472 e. The first-order valence-electron chi connectivity index (χ1n) is 24.8. The highest BCUT2D eigenvalue weighted by Gasteiger charge is 2.26. The number of unbranched alkanes of at least 4 members (excludes halogenated alkanes) is 30. The summed E-state index contributed by atoms with van der Waals surface area (Å²) >= 11 is 0. The minimum atomic E-state index is -4.38. The summed E-state index contributed by atoms with van der Waals surface area (Å²) in [7, 11) is -4.38. The molecule has 0 amide bonds. The summed E-state index contributed by atoms with van der Waals surface area (Å²) in [5.41, 5.74) is 5.36. The van der Waals surface area contributed by atoms with Gasteiger partial charge in [0.2, 0.25) is 0 Å². The number of carbonyl (C=O) groups is 2. The molecule has 0 radical (unpaired) electrons. The van der Waals surface area contributed by atoms with E-state index in [1.165, 1.54) is 167 Å². The van der Waals surface area contributed by atoms with Gasteiger partial charge in [-0.05, 0) is 57.8 Å². The molecule has 3 N–H and O–H groups in total. The average molecular weight is 856 g/mol. The monoisotopic (exact) mass is 856 g/mol. The van der Waals surface area contributed by atoms with Crippen molar-refractivity contribution < 1.29 is 37.6 Å². The Hall–Kier alpha value is -1.51. The number of carbonyl (C=O) groups excluding carboxylic acids is 2. The first kappa shape index (κ1) is 57.5. The summed E-state index contributed by atoms with van der Waals surface area (Å²) in [6.07, 6.45) is 50.9. The number of phosphoric acid groups is 1. The van der Waals surface area contributed by atoms with Crippen molar-refractivity contribution >= 4 is 19.8 Å². The second kappa shape index (κ2) is 46.0. The van der Waals surface area contributed by atoms with E-state index >= 15 is 0 Å². The second-order valence-electron chi connectivity index (χ2n) is 16.7. The van der Waals surface area contributed by atoms with E-state index in [4.69, 9.17) is 24.3 Å². The highest BCUT2D eigenvalue weighted by Crippen LogP contribution is 2.43. The molecule has 0 spiro atoms. The summed E-state index contributed by atoms with van der Waals surface area (Å²) < 4.78 is 32.8. The molecular weight excluding hydrogens is 762 g/mol. The number of esters is 2. The Morgan fingerprint density at radius 2 is 0.847 bits per heavy atom. The van der Waals surface area contributed by atoms with Crippen LogP contribution in [-0.2, 0) is 32.7 Å². The van der Waals surface area contributed by atoms with E-state index in [2.05, 4.69) is 38.2 Å². The van der Waals surface area contributed by atoms with Gasteiger partial charge in [-0.2, -0.15) is 0 Å². The summed E-state index contributed by atoms with van der Waals surface area (Å²) in [4.78, 5) is 35.0. The number of rotatable bonds is 47. The quantitative estimate of drug-likeness (QED) is 0.0265. The first-order chi connectivity index (χ1) is 28.8. The molecule has 0 fully saturated rings. The van der Waals surface area contributed by atoms with Gasteiger partial charge in [-0.3, -0.25) is 18.6 Å². The van der Waals surface area contributed by atoms with E-state index in [0.717, 1.165) is 44.9 Å². The molecule has 348 valence electrons. The van der Waals surface area contributed by atoms with Gasteiger partial charge >= 0.3 is 19.8 Å². The van der Waals surface area contributed by atoms with Crippen LogP contribution in [0.5, 0.6) is 0 Å². The molecule has 0 aromatic heterocycles. The Morgan fingerprint density at radius 1 is 0.492 bits per heavy atom. The fraction of sp³-hybridized carbons (Fsp3) is 0.878. The van der Waals surface area contributed by atoms with E-state index in [0.29, 0.717) is 6.42 Å². The van der Waals surface area contributed by atoms with Gasteiger partial charge in [0, 0.05) is 19.4 Å². The maximum atomic E-state index is 12.6. The summed E-state index contributed by atoms with van der Waals surface area (Å²) in [5.74, 6) is -0.861. The van der Waals surface area contributed by atoms with Gasteiger partial charge in [0.1, 0.15) is 6.61 Å². The van der Waals surface area contributed by atoms with Crippen LogP contribution in [0.3, 0.4) is 0 Å². The zero-order valence-corrected chi connectivity index (χ0v) is 39.4. The van der Waals surface area contributed by atoms with Gasteiger partial charge < -0.3 is 20.1 Å². The lowest BCUT2D eigenvalue weighted by atomic mass is 10.0. The van der Waals surface area contributed by atoms with E-state index < -0.39 is 26.5 Å². The predicted octanol–water partition coefficient (Wildman–Crippen LogP) is 14.7. The Balaban J connectivity index is 4.05. The fourth-order valence-electron chi connectivity index (χ4n) is 7.11. The van der Waals surface area contributed by atoms with Crippen molar-refractivity contribution in [1.29, 1.82) is 0 Å². The Labute approximate surface area is 363 Å². The highest BCUT2D eigenvalue weighted by molar-refractivity contribution is 7.47. The molecule has 0 aliphatic rings. The number of hydrogen-bond donors (Lipinski definition) is 2. The molecule has 0 aromatic rings. The van der Waals surface area contributed by atoms with Gasteiger partial charge in [0.05, 0.1) is 13.2 Å². The normalized spacial score (nSPS) is 13.4. The van der Waals surface area contributed by atoms with Crippen molar-refractivity contribution in [2.45, 2.75) is 251 Å². The van der Waals surface area contributed by atoms with Crippen LogP contribution >= 0.6 is 7.82 Å². The third-order valence-corrected chi connectivity index (χ3v) is 11.8. The third-order valence-electron chi connectivity index (χ3n) is 10.8. The lowest BCUT2D eigenvalue weighted by Crippen LogP contribution is -2.29. The molecule has 9 nitrogen and oxygen atoms in total. The van der Waals surface area contributed by atoms with Crippen molar-refractivity contribution in [3.05, 3.63) is 24.3 Å². The average Bonchev–Trinajstić information content (AvgIpc) is 3.22. The Bertz CT molecular complexity index is 1020. The molecule has 0 aliphatic heterocycles. The van der Waals surface area contributed by atoms with Gasteiger partial charge in [0.15, 0.2) is 6.10 Å². The van der Waals surface area contributed by atoms with Crippen LogP contribution < -0.4 is 5.73 Å². The zero-order chi connectivity index (χ0) is 43.2. The van der Waals surface area contributed by atoms with Crippen LogP contribution in [0, 0.1) is 0 Å². The summed E-state index contributed by atoms with van der Waals surface area (Å²) in [5, 5.41) is 0. The van der Waals surface area contributed by atoms with Crippen molar-refractivity contribution in [1.82, 2.24) is 0 Å². The second-order valence-corrected chi connectivity index (χ2v) is 18.1. The van der Waals surface area contributed by atoms with Crippen LogP contribution in [-0.4, -0.2) is 49.3 Å². The number of ether oxygens (including phenoxy) is 2. The molecule has 0 saturated carbocycles. The van der Waals surface area contributed by atoms with Crippen molar-refractivity contribution in [2.75, 3.05) is 26.4 Å². The number of nitrogens with two attached hydrogens (primary N) is 1. The molecule has 0 rings (SSSR count). The molecule has 0 aromatic carbocycles. The van der Waals surface area contributed by atoms with E-state index in [1.54, 1.807) is 0 Å². The van der Waals surface area contributed by atoms with Crippen LogP contribution in [0.15, 0.2) is 24.3 Å².